The molecular weight excluding hydrogens is 378 g/mol. The Kier molecular flexibility index (Phi) is 4.82. The van der Waals surface area contributed by atoms with E-state index in [9.17, 15) is 9.59 Å². The van der Waals surface area contributed by atoms with Gasteiger partial charge in [0.1, 0.15) is 5.00 Å². The lowest BCUT2D eigenvalue weighted by Gasteiger charge is -2.11. The predicted molar refractivity (Wildman–Crippen MR) is 94.4 cm³/mol. The van der Waals surface area contributed by atoms with Gasteiger partial charge in [0.2, 0.25) is 0 Å². The van der Waals surface area contributed by atoms with E-state index in [4.69, 9.17) is 4.74 Å². The molecule has 1 aromatic heterocycles. The van der Waals surface area contributed by atoms with Gasteiger partial charge in [-0.2, -0.15) is 0 Å². The van der Waals surface area contributed by atoms with Crippen molar-refractivity contribution in [1.29, 1.82) is 0 Å². The molecule has 6 heteroatoms. The predicted octanol–water partition coefficient (Wildman–Crippen LogP) is 4.43. The number of nitrogens with one attached hydrogen (secondary N) is 1. The van der Waals surface area contributed by atoms with Crippen molar-refractivity contribution in [3.8, 4) is 0 Å². The number of rotatable bonds is 3. The molecule has 1 heterocycles. The number of ether oxygens (including phenoxy) is 1. The Morgan fingerprint density at radius 2 is 1.96 bits per heavy atom. The second-order valence-corrected chi connectivity index (χ2v) is 7.30. The first kappa shape index (κ1) is 16.2. The average molecular weight is 394 g/mol. The summed E-state index contributed by atoms with van der Waals surface area (Å²) >= 11 is 4.87. The molecule has 1 aliphatic rings. The van der Waals surface area contributed by atoms with Crippen molar-refractivity contribution in [3.63, 3.8) is 0 Å². The summed E-state index contributed by atoms with van der Waals surface area (Å²) in [7, 11) is 1.37. The number of methoxy groups -OCH3 is 1. The molecule has 0 unspecified atom stereocenters. The lowest BCUT2D eigenvalue weighted by Crippen LogP contribution is -2.15. The maximum absolute atomic E-state index is 12.5. The van der Waals surface area contributed by atoms with Crippen molar-refractivity contribution in [2.45, 2.75) is 25.7 Å². The molecule has 0 fully saturated rings. The monoisotopic (exact) mass is 393 g/mol. The molecule has 0 saturated heterocycles. The van der Waals surface area contributed by atoms with Crippen molar-refractivity contribution < 1.29 is 14.3 Å². The molecule has 4 nitrogen and oxygen atoms in total. The fourth-order valence-electron chi connectivity index (χ4n) is 2.79. The molecule has 0 aliphatic heterocycles. The Morgan fingerprint density at radius 1 is 1.22 bits per heavy atom. The number of carbonyl (C=O) groups is 2. The van der Waals surface area contributed by atoms with Crippen LogP contribution in [0, 0.1) is 0 Å². The number of amides is 1. The smallest absolute Gasteiger partial charge is 0.341 e. The molecule has 0 saturated carbocycles. The number of thiophene rings is 1. The molecule has 1 aliphatic carbocycles. The fraction of sp³-hybridized carbons (Fsp3) is 0.294. The third kappa shape index (κ3) is 3.19. The maximum atomic E-state index is 12.5. The minimum absolute atomic E-state index is 0.235. The molecular formula is C17H16BrNO3S. The van der Waals surface area contributed by atoms with Gasteiger partial charge in [0, 0.05) is 9.35 Å². The normalized spacial score (nSPS) is 13.3. The van der Waals surface area contributed by atoms with Gasteiger partial charge >= 0.3 is 5.97 Å². The molecule has 2 aromatic rings. The van der Waals surface area contributed by atoms with E-state index in [1.54, 1.807) is 12.1 Å². The van der Waals surface area contributed by atoms with Crippen LogP contribution >= 0.6 is 27.3 Å². The number of hydrogen-bond acceptors (Lipinski definition) is 4. The van der Waals surface area contributed by atoms with Gasteiger partial charge in [-0.25, -0.2) is 4.79 Å². The zero-order chi connectivity index (χ0) is 16.4. The SMILES string of the molecule is COC(=O)c1c(NC(=O)c2ccccc2Br)sc2c1CCCC2. The van der Waals surface area contributed by atoms with Gasteiger partial charge in [0.05, 0.1) is 18.2 Å². The Balaban J connectivity index is 1.96. The number of halogens is 1. The van der Waals surface area contributed by atoms with Crippen LogP contribution in [0.1, 0.15) is 44.0 Å². The Bertz CT molecular complexity index is 769. The summed E-state index contributed by atoms with van der Waals surface area (Å²) in [5, 5.41) is 3.48. The van der Waals surface area contributed by atoms with E-state index in [2.05, 4.69) is 21.2 Å². The molecule has 3 rings (SSSR count). The lowest BCUT2D eigenvalue weighted by atomic mass is 9.95. The van der Waals surface area contributed by atoms with Crippen LogP contribution in [0.2, 0.25) is 0 Å². The lowest BCUT2D eigenvalue weighted by molar-refractivity contribution is 0.0601. The molecule has 1 amide bonds. The average Bonchev–Trinajstić information content (AvgIpc) is 2.92. The number of hydrogen-bond donors (Lipinski definition) is 1. The molecule has 1 N–H and O–H groups in total. The number of aryl methyl sites for hydroxylation is 1. The van der Waals surface area contributed by atoms with E-state index < -0.39 is 0 Å². The first-order valence-electron chi connectivity index (χ1n) is 7.40. The van der Waals surface area contributed by atoms with E-state index in [0.29, 0.717) is 16.1 Å². The number of esters is 1. The van der Waals surface area contributed by atoms with Crippen LogP contribution in [0.15, 0.2) is 28.7 Å². The van der Waals surface area contributed by atoms with Crippen LogP contribution in [0.5, 0.6) is 0 Å². The molecule has 0 bridgehead atoms. The number of anilines is 1. The topological polar surface area (TPSA) is 55.4 Å². The summed E-state index contributed by atoms with van der Waals surface area (Å²) in [6.45, 7) is 0. The van der Waals surface area contributed by atoms with E-state index >= 15 is 0 Å². The number of fused-ring (bicyclic) bond motifs is 1. The quantitative estimate of drug-likeness (QED) is 0.784. The third-order valence-electron chi connectivity index (χ3n) is 3.91. The van der Waals surface area contributed by atoms with E-state index in [-0.39, 0.29) is 11.9 Å². The van der Waals surface area contributed by atoms with Crippen molar-refractivity contribution in [2.75, 3.05) is 12.4 Å². The van der Waals surface area contributed by atoms with Crippen LogP contribution in [0.4, 0.5) is 5.00 Å². The van der Waals surface area contributed by atoms with Gasteiger partial charge in [-0.05, 0) is 59.3 Å². The summed E-state index contributed by atoms with van der Waals surface area (Å²) in [6, 6.07) is 7.21. The van der Waals surface area contributed by atoms with Gasteiger partial charge in [-0.15, -0.1) is 11.3 Å². The summed E-state index contributed by atoms with van der Waals surface area (Å²) in [5.41, 5.74) is 2.10. The standard InChI is InChI=1S/C17H16BrNO3S/c1-22-17(21)14-11-7-3-5-9-13(11)23-16(14)19-15(20)10-6-2-4-8-12(10)18/h2,4,6,8H,3,5,7,9H2,1H3,(H,19,20). The molecule has 0 atom stereocenters. The number of benzene rings is 1. The highest BCUT2D eigenvalue weighted by Crippen LogP contribution is 2.38. The second-order valence-electron chi connectivity index (χ2n) is 5.34. The zero-order valence-corrected chi connectivity index (χ0v) is 15.1. The zero-order valence-electron chi connectivity index (χ0n) is 12.6. The van der Waals surface area contributed by atoms with Gasteiger partial charge < -0.3 is 10.1 Å². The Labute approximate surface area is 147 Å². The summed E-state index contributed by atoms with van der Waals surface area (Å²) < 4.78 is 5.64. The molecule has 23 heavy (non-hydrogen) atoms. The highest BCUT2D eigenvalue weighted by Gasteiger charge is 2.27. The van der Waals surface area contributed by atoms with Crippen LogP contribution in [-0.2, 0) is 17.6 Å². The molecule has 1 aromatic carbocycles. The highest BCUT2D eigenvalue weighted by atomic mass is 79.9. The highest BCUT2D eigenvalue weighted by molar-refractivity contribution is 9.10. The summed E-state index contributed by atoms with van der Waals surface area (Å²) in [5.74, 6) is -0.618. The van der Waals surface area contributed by atoms with E-state index in [0.717, 1.165) is 35.7 Å². The van der Waals surface area contributed by atoms with E-state index in [1.807, 2.05) is 12.1 Å². The van der Waals surface area contributed by atoms with Gasteiger partial charge in [0.15, 0.2) is 0 Å². The van der Waals surface area contributed by atoms with Gasteiger partial charge in [-0.1, -0.05) is 12.1 Å². The van der Waals surface area contributed by atoms with Crippen LogP contribution < -0.4 is 5.32 Å². The minimum atomic E-state index is -0.383. The second kappa shape index (κ2) is 6.84. The van der Waals surface area contributed by atoms with Gasteiger partial charge in [-0.3, -0.25) is 4.79 Å². The third-order valence-corrected chi connectivity index (χ3v) is 5.81. The fourth-order valence-corrected chi connectivity index (χ4v) is 4.53. The Morgan fingerprint density at radius 3 is 2.70 bits per heavy atom. The maximum Gasteiger partial charge on any atom is 0.341 e. The van der Waals surface area contributed by atoms with Crippen molar-refractivity contribution in [2.24, 2.45) is 0 Å². The van der Waals surface area contributed by atoms with Crippen LogP contribution in [0.25, 0.3) is 0 Å². The summed E-state index contributed by atoms with van der Waals surface area (Å²) in [6.07, 6.45) is 3.99. The van der Waals surface area contributed by atoms with Gasteiger partial charge in [0.25, 0.3) is 5.91 Å². The van der Waals surface area contributed by atoms with Crippen molar-refractivity contribution in [1.82, 2.24) is 0 Å². The molecule has 0 radical (unpaired) electrons. The van der Waals surface area contributed by atoms with Crippen LogP contribution in [-0.4, -0.2) is 19.0 Å². The summed E-state index contributed by atoms with van der Waals surface area (Å²) in [4.78, 5) is 25.9. The molecule has 120 valence electrons. The number of carbonyl (C=O) groups excluding carboxylic acids is 2. The van der Waals surface area contributed by atoms with Crippen molar-refractivity contribution >= 4 is 44.1 Å². The van der Waals surface area contributed by atoms with Crippen molar-refractivity contribution in [3.05, 3.63) is 50.3 Å². The Hall–Kier alpha value is -1.66. The molecule has 0 spiro atoms. The first-order chi connectivity index (χ1) is 11.1. The van der Waals surface area contributed by atoms with E-state index in [1.165, 1.54) is 23.3 Å². The minimum Gasteiger partial charge on any atom is -0.465 e. The largest absolute Gasteiger partial charge is 0.465 e. The first-order valence-corrected chi connectivity index (χ1v) is 9.01. The van der Waals surface area contributed by atoms with Crippen LogP contribution in [0.3, 0.4) is 0 Å².